The van der Waals surface area contributed by atoms with Gasteiger partial charge in [0.1, 0.15) is 12.4 Å². The number of aliphatic carboxylic acids is 1. The van der Waals surface area contributed by atoms with Crippen LogP contribution in [-0.4, -0.2) is 30.3 Å². The highest BCUT2D eigenvalue weighted by atomic mass is 19.4. The minimum atomic E-state index is -4.40. The van der Waals surface area contributed by atoms with E-state index in [1.54, 1.807) is 6.92 Å². The number of benzene rings is 1. The largest absolute Gasteiger partial charge is 0.478 e. The quantitative estimate of drug-likeness (QED) is 0.643. The first-order valence-electron chi connectivity index (χ1n) is 6.24. The zero-order valence-electron chi connectivity index (χ0n) is 11.3. The van der Waals surface area contributed by atoms with Crippen LogP contribution in [-0.2, 0) is 4.79 Å². The molecule has 0 aliphatic heterocycles. The van der Waals surface area contributed by atoms with Crippen molar-refractivity contribution < 1.29 is 27.5 Å². The van der Waals surface area contributed by atoms with Gasteiger partial charge in [0.05, 0.1) is 0 Å². The van der Waals surface area contributed by atoms with Crippen LogP contribution in [0.15, 0.2) is 24.3 Å². The molecule has 0 aliphatic carbocycles. The fraction of sp³-hybridized carbons (Fsp3) is 0.357. The van der Waals surface area contributed by atoms with Crippen LogP contribution in [0.2, 0.25) is 0 Å². The standard InChI is InChI=1S/C14H15F4NO2/c1-2-5-19(9-14(16,17)18)12-7-10(3-4-13(20)21)6-11(15)8-12/h3-4,6-8H,2,5,9H2,1H3,(H,20,21)/b4-3+. The van der Waals surface area contributed by atoms with Crippen molar-refractivity contribution in [3.63, 3.8) is 0 Å². The maximum atomic E-state index is 13.5. The summed E-state index contributed by atoms with van der Waals surface area (Å²) in [7, 11) is 0. The van der Waals surface area contributed by atoms with E-state index >= 15 is 0 Å². The Morgan fingerprint density at radius 3 is 2.52 bits per heavy atom. The number of carbonyl (C=O) groups is 1. The zero-order valence-corrected chi connectivity index (χ0v) is 11.3. The predicted molar refractivity (Wildman–Crippen MR) is 71.6 cm³/mol. The molecule has 0 unspecified atom stereocenters. The summed E-state index contributed by atoms with van der Waals surface area (Å²) in [6.45, 7) is 0.644. The normalized spacial score (nSPS) is 11.9. The lowest BCUT2D eigenvalue weighted by molar-refractivity contribution is -0.131. The van der Waals surface area contributed by atoms with Crippen molar-refractivity contribution in [1.29, 1.82) is 0 Å². The SMILES string of the molecule is CCCN(CC(F)(F)F)c1cc(F)cc(/C=C/C(=O)O)c1. The Balaban J connectivity index is 3.10. The van der Waals surface area contributed by atoms with Crippen LogP contribution in [0, 0.1) is 5.82 Å². The van der Waals surface area contributed by atoms with E-state index in [0.717, 1.165) is 29.2 Å². The van der Waals surface area contributed by atoms with E-state index in [2.05, 4.69) is 0 Å². The summed E-state index contributed by atoms with van der Waals surface area (Å²) in [5, 5.41) is 8.52. The topological polar surface area (TPSA) is 40.5 Å². The van der Waals surface area contributed by atoms with Gasteiger partial charge in [-0.05, 0) is 36.3 Å². The Morgan fingerprint density at radius 1 is 1.33 bits per heavy atom. The first-order valence-corrected chi connectivity index (χ1v) is 6.24. The van der Waals surface area contributed by atoms with E-state index in [1.165, 1.54) is 6.07 Å². The Bertz CT molecular complexity index is 526. The molecule has 7 heteroatoms. The molecule has 0 atom stereocenters. The monoisotopic (exact) mass is 305 g/mol. The molecule has 0 saturated carbocycles. The highest BCUT2D eigenvalue weighted by molar-refractivity contribution is 5.85. The number of rotatable bonds is 6. The lowest BCUT2D eigenvalue weighted by Crippen LogP contribution is -2.34. The van der Waals surface area contributed by atoms with Crippen LogP contribution < -0.4 is 4.90 Å². The number of alkyl halides is 3. The summed E-state index contributed by atoms with van der Waals surface area (Å²) in [5.74, 6) is -1.94. The van der Waals surface area contributed by atoms with Gasteiger partial charge >= 0.3 is 12.1 Å². The third-order valence-electron chi connectivity index (χ3n) is 2.55. The van der Waals surface area contributed by atoms with Crippen molar-refractivity contribution >= 4 is 17.7 Å². The molecule has 0 fully saturated rings. The maximum absolute atomic E-state index is 13.5. The molecule has 0 radical (unpaired) electrons. The molecule has 0 aliphatic rings. The van der Waals surface area contributed by atoms with Gasteiger partial charge in [-0.2, -0.15) is 13.2 Å². The summed E-state index contributed by atoms with van der Waals surface area (Å²) in [6, 6.07) is 3.38. The van der Waals surface area contributed by atoms with E-state index in [4.69, 9.17) is 5.11 Å². The number of anilines is 1. The van der Waals surface area contributed by atoms with Crippen LogP contribution in [0.3, 0.4) is 0 Å². The van der Waals surface area contributed by atoms with E-state index < -0.39 is 24.5 Å². The third-order valence-corrected chi connectivity index (χ3v) is 2.55. The average Bonchev–Trinajstić information content (AvgIpc) is 2.33. The second-order valence-electron chi connectivity index (χ2n) is 4.45. The van der Waals surface area contributed by atoms with Gasteiger partial charge in [-0.25, -0.2) is 9.18 Å². The summed E-state index contributed by atoms with van der Waals surface area (Å²) < 4.78 is 51.1. The van der Waals surface area contributed by atoms with E-state index in [0.29, 0.717) is 6.42 Å². The van der Waals surface area contributed by atoms with E-state index in [9.17, 15) is 22.4 Å². The van der Waals surface area contributed by atoms with Gasteiger partial charge in [0, 0.05) is 18.3 Å². The Hall–Kier alpha value is -2.05. The fourth-order valence-electron chi connectivity index (χ4n) is 1.83. The van der Waals surface area contributed by atoms with Crippen LogP contribution >= 0.6 is 0 Å². The number of hydrogen-bond acceptors (Lipinski definition) is 2. The average molecular weight is 305 g/mol. The van der Waals surface area contributed by atoms with Crippen molar-refractivity contribution in [3.05, 3.63) is 35.7 Å². The molecule has 0 heterocycles. The third kappa shape index (κ3) is 6.29. The van der Waals surface area contributed by atoms with Crippen LogP contribution in [0.25, 0.3) is 6.08 Å². The first-order chi connectivity index (χ1) is 9.71. The van der Waals surface area contributed by atoms with Crippen LogP contribution in [0.1, 0.15) is 18.9 Å². The van der Waals surface area contributed by atoms with Crippen molar-refractivity contribution in [3.8, 4) is 0 Å². The van der Waals surface area contributed by atoms with Gasteiger partial charge in [-0.15, -0.1) is 0 Å². The summed E-state index contributed by atoms with van der Waals surface area (Å²) in [6.07, 6.45) is -2.01. The molecular weight excluding hydrogens is 290 g/mol. The van der Waals surface area contributed by atoms with Crippen LogP contribution in [0.5, 0.6) is 0 Å². The maximum Gasteiger partial charge on any atom is 0.405 e. The van der Waals surface area contributed by atoms with Gasteiger partial charge in [-0.3, -0.25) is 0 Å². The Labute approximate surface area is 119 Å². The second kappa shape index (κ2) is 7.10. The fourth-order valence-corrected chi connectivity index (χ4v) is 1.83. The summed E-state index contributed by atoms with van der Waals surface area (Å²) in [5.41, 5.74) is 0.259. The first kappa shape index (κ1) is 17.0. The van der Waals surface area contributed by atoms with Gasteiger partial charge in [-0.1, -0.05) is 6.92 Å². The lowest BCUT2D eigenvalue weighted by Gasteiger charge is -2.26. The number of hydrogen-bond donors (Lipinski definition) is 1. The minimum Gasteiger partial charge on any atom is -0.478 e. The number of carboxylic acid groups (broad SMARTS) is 1. The number of nitrogens with zero attached hydrogens (tertiary/aromatic N) is 1. The van der Waals surface area contributed by atoms with Gasteiger partial charge in [0.2, 0.25) is 0 Å². The van der Waals surface area contributed by atoms with E-state index in [1.807, 2.05) is 0 Å². The highest BCUT2D eigenvalue weighted by Crippen LogP contribution is 2.24. The molecule has 1 rings (SSSR count). The summed E-state index contributed by atoms with van der Waals surface area (Å²) in [4.78, 5) is 11.4. The lowest BCUT2D eigenvalue weighted by atomic mass is 10.1. The van der Waals surface area contributed by atoms with Gasteiger partial charge in [0.15, 0.2) is 0 Å². The van der Waals surface area contributed by atoms with Crippen molar-refractivity contribution in [1.82, 2.24) is 0 Å². The minimum absolute atomic E-state index is 0.0687. The Morgan fingerprint density at radius 2 is 2.00 bits per heavy atom. The molecular formula is C14H15F4NO2. The molecule has 3 nitrogen and oxygen atoms in total. The molecule has 0 aromatic heterocycles. The molecule has 0 amide bonds. The predicted octanol–water partition coefficient (Wildman–Crippen LogP) is 3.70. The number of halogens is 4. The van der Waals surface area contributed by atoms with Crippen molar-refractivity contribution in [2.75, 3.05) is 18.0 Å². The highest BCUT2D eigenvalue weighted by Gasteiger charge is 2.30. The molecule has 1 aromatic carbocycles. The van der Waals surface area contributed by atoms with Gasteiger partial charge < -0.3 is 10.0 Å². The molecule has 0 saturated heterocycles. The molecule has 21 heavy (non-hydrogen) atoms. The molecule has 1 N–H and O–H groups in total. The van der Waals surface area contributed by atoms with Crippen molar-refractivity contribution in [2.45, 2.75) is 19.5 Å². The smallest absolute Gasteiger partial charge is 0.405 e. The molecule has 0 spiro atoms. The van der Waals surface area contributed by atoms with E-state index in [-0.39, 0.29) is 17.8 Å². The second-order valence-corrected chi connectivity index (χ2v) is 4.45. The van der Waals surface area contributed by atoms with Gasteiger partial charge in [0.25, 0.3) is 0 Å². The molecule has 1 aromatic rings. The zero-order chi connectivity index (χ0) is 16.0. The van der Waals surface area contributed by atoms with Crippen LogP contribution in [0.4, 0.5) is 23.2 Å². The number of carboxylic acids is 1. The molecule has 0 bridgehead atoms. The molecule has 116 valence electrons. The summed E-state index contributed by atoms with van der Waals surface area (Å²) >= 11 is 0. The Kier molecular flexibility index (Phi) is 5.75. The van der Waals surface area contributed by atoms with Crippen molar-refractivity contribution in [2.24, 2.45) is 0 Å².